The lowest BCUT2D eigenvalue weighted by atomic mass is 10.1. The molecule has 0 bridgehead atoms. The minimum Gasteiger partial charge on any atom is -0.360 e. The molecule has 0 spiro atoms. The van der Waals surface area contributed by atoms with E-state index in [9.17, 15) is 4.79 Å². The highest BCUT2D eigenvalue weighted by Crippen LogP contribution is 2.25. The summed E-state index contributed by atoms with van der Waals surface area (Å²) in [5, 5.41) is 12.8. The lowest BCUT2D eigenvalue weighted by molar-refractivity contribution is 0.0740. The predicted molar refractivity (Wildman–Crippen MR) is 75.3 cm³/mol. The second-order valence-electron chi connectivity index (χ2n) is 5.53. The van der Waals surface area contributed by atoms with E-state index in [1.165, 1.54) is 0 Å². The second-order valence-corrected chi connectivity index (χ2v) is 5.53. The Hall–Kier alpha value is -2.61. The van der Waals surface area contributed by atoms with E-state index in [0.717, 1.165) is 11.1 Å². The smallest absolute Gasteiger partial charge is 0.276 e. The molecule has 2 heterocycles. The molecule has 1 amide bonds. The van der Waals surface area contributed by atoms with Crippen molar-refractivity contribution in [2.24, 2.45) is 0 Å². The molecule has 3 rings (SSSR count). The summed E-state index contributed by atoms with van der Waals surface area (Å²) < 4.78 is 5.18. The van der Waals surface area contributed by atoms with Crippen molar-refractivity contribution in [3.63, 3.8) is 0 Å². The third-order valence-electron chi connectivity index (χ3n) is 3.66. The molecule has 0 N–H and O–H groups in total. The zero-order valence-corrected chi connectivity index (χ0v) is 12.0. The van der Waals surface area contributed by atoms with Gasteiger partial charge in [0.2, 0.25) is 0 Å². The molecule has 0 unspecified atom stereocenters. The molecule has 0 saturated heterocycles. The summed E-state index contributed by atoms with van der Waals surface area (Å²) in [6, 6.07) is 9.34. The summed E-state index contributed by atoms with van der Waals surface area (Å²) in [7, 11) is 0. The zero-order chi connectivity index (χ0) is 15.0. The minimum atomic E-state index is -0.139. The molecule has 1 aliphatic heterocycles. The fourth-order valence-corrected chi connectivity index (χ4v) is 2.43. The maximum absolute atomic E-state index is 12.4. The molecule has 0 atom stereocenters. The minimum absolute atomic E-state index is 0.139. The van der Waals surface area contributed by atoms with Crippen LogP contribution in [0, 0.1) is 11.3 Å². The number of hydrogen-bond donors (Lipinski definition) is 0. The molecule has 1 aromatic heterocycles. The molecule has 5 nitrogen and oxygen atoms in total. The van der Waals surface area contributed by atoms with Crippen molar-refractivity contribution in [3.8, 4) is 6.07 Å². The van der Waals surface area contributed by atoms with Gasteiger partial charge in [-0.2, -0.15) is 5.26 Å². The van der Waals surface area contributed by atoms with Crippen LogP contribution in [-0.2, 0) is 13.1 Å². The van der Waals surface area contributed by atoms with Gasteiger partial charge in [0.05, 0.1) is 11.6 Å². The van der Waals surface area contributed by atoms with Crippen LogP contribution in [0.15, 0.2) is 28.8 Å². The van der Waals surface area contributed by atoms with E-state index in [0.29, 0.717) is 30.1 Å². The fraction of sp³-hybridized carbons (Fsp3) is 0.312. The third kappa shape index (κ3) is 2.40. The first-order chi connectivity index (χ1) is 10.1. The Balaban J connectivity index is 1.80. The summed E-state index contributed by atoms with van der Waals surface area (Å²) >= 11 is 0. The van der Waals surface area contributed by atoms with Crippen LogP contribution in [0.3, 0.4) is 0 Å². The number of carbonyl (C=O) groups is 1. The normalized spacial score (nSPS) is 13.3. The molecule has 0 radical (unpaired) electrons. The molecule has 21 heavy (non-hydrogen) atoms. The predicted octanol–water partition coefficient (Wildman–Crippen LogP) is 2.83. The van der Waals surface area contributed by atoms with Gasteiger partial charge in [0.15, 0.2) is 5.69 Å². The first kappa shape index (κ1) is 13.4. The quantitative estimate of drug-likeness (QED) is 0.848. The van der Waals surface area contributed by atoms with Gasteiger partial charge in [0.1, 0.15) is 5.76 Å². The maximum Gasteiger partial charge on any atom is 0.276 e. The Morgan fingerprint density at radius 3 is 2.76 bits per heavy atom. The van der Waals surface area contributed by atoms with E-state index in [2.05, 4.69) is 11.2 Å². The number of aromatic nitrogens is 1. The Bertz CT molecular complexity index is 740. The van der Waals surface area contributed by atoms with Crippen LogP contribution in [0.5, 0.6) is 0 Å². The van der Waals surface area contributed by atoms with Crippen LogP contribution in [0.4, 0.5) is 0 Å². The lowest BCUT2D eigenvalue weighted by Crippen LogP contribution is -2.25. The molecular formula is C16H15N3O2. The van der Waals surface area contributed by atoms with Gasteiger partial charge in [-0.25, -0.2) is 0 Å². The number of rotatable bonds is 2. The van der Waals surface area contributed by atoms with Crippen molar-refractivity contribution in [1.82, 2.24) is 10.1 Å². The van der Waals surface area contributed by atoms with Gasteiger partial charge in [-0.3, -0.25) is 4.79 Å². The number of nitriles is 1. The highest BCUT2D eigenvalue weighted by atomic mass is 16.5. The topological polar surface area (TPSA) is 70.1 Å². The largest absolute Gasteiger partial charge is 0.360 e. The fourth-order valence-electron chi connectivity index (χ4n) is 2.43. The number of benzene rings is 1. The van der Waals surface area contributed by atoms with E-state index < -0.39 is 0 Å². The number of fused-ring (bicyclic) bond motifs is 1. The SMILES string of the molecule is CC(C)c1cc(C(=O)N2Cc3ccc(C#N)cc3C2)no1. The first-order valence-corrected chi connectivity index (χ1v) is 6.86. The molecule has 106 valence electrons. The van der Waals surface area contributed by atoms with Gasteiger partial charge in [-0.15, -0.1) is 0 Å². The average molecular weight is 281 g/mol. The molecule has 1 aliphatic rings. The van der Waals surface area contributed by atoms with Crippen LogP contribution in [0.1, 0.15) is 52.7 Å². The van der Waals surface area contributed by atoms with Crippen LogP contribution in [-0.4, -0.2) is 16.0 Å². The number of hydrogen-bond acceptors (Lipinski definition) is 4. The summed E-state index contributed by atoms with van der Waals surface area (Å²) in [5.74, 6) is 0.773. The molecule has 0 aliphatic carbocycles. The highest BCUT2D eigenvalue weighted by Gasteiger charge is 2.26. The second kappa shape index (κ2) is 5.06. The Kier molecular flexibility index (Phi) is 3.22. The average Bonchev–Trinajstić information content (AvgIpc) is 3.12. The van der Waals surface area contributed by atoms with E-state index >= 15 is 0 Å². The summed E-state index contributed by atoms with van der Waals surface area (Å²) in [4.78, 5) is 14.2. The molecule has 2 aromatic rings. The molecular weight excluding hydrogens is 266 g/mol. The van der Waals surface area contributed by atoms with Crippen molar-refractivity contribution in [3.05, 3.63) is 52.4 Å². The lowest BCUT2D eigenvalue weighted by Gasteiger charge is -2.12. The summed E-state index contributed by atoms with van der Waals surface area (Å²) in [5.41, 5.74) is 3.06. The van der Waals surface area contributed by atoms with E-state index in [1.54, 1.807) is 17.0 Å². The van der Waals surface area contributed by atoms with Crippen molar-refractivity contribution < 1.29 is 9.32 Å². The van der Waals surface area contributed by atoms with Crippen molar-refractivity contribution in [2.75, 3.05) is 0 Å². The van der Waals surface area contributed by atoms with Crippen molar-refractivity contribution >= 4 is 5.91 Å². The van der Waals surface area contributed by atoms with E-state index in [-0.39, 0.29) is 11.8 Å². The first-order valence-electron chi connectivity index (χ1n) is 6.86. The molecule has 0 fully saturated rings. The van der Waals surface area contributed by atoms with Crippen LogP contribution in [0.25, 0.3) is 0 Å². The summed E-state index contributed by atoms with van der Waals surface area (Å²) in [6.45, 7) is 5.03. The van der Waals surface area contributed by atoms with Crippen molar-refractivity contribution in [1.29, 1.82) is 5.26 Å². The number of amides is 1. The van der Waals surface area contributed by atoms with Crippen LogP contribution >= 0.6 is 0 Å². The third-order valence-corrected chi connectivity index (χ3v) is 3.66. The van der Waals surface area contributed by atoms with Gasteiger partial charge in [0, 0.05) is 25.1 Å². The molecule has 5 heteroatoms. The van der Waals surface area contributed by atoms with E-state index in [4.69, 9.17) is 9.78 Å². The molecule has 0 saturated carbocycles. The summed E-state index contributed by atoms with van der Waals surface area (Å²) in [6.07, 6.45) is 0. The monoisotopic (exact) mass is 281 g/mol. The van der Waals surface area contributed by atoms with Crippen LogP contribution < -0.4 is 0 Å². The van der Waals surface area contributed by atoms with Gasteiger partial charge in [0.25, 0.3) is 5.91 Å². The number of carbonyl (C=O) groups excluding carboxylic acids is 1. The van der Waals surface area contributed by atoms with Crippen LogP contribution in [0.2, 0.25) is 0 Å². The maximum atomic E-state index is 12.4. The van der Waals surface area contributed by atoms with Crippen molar-refractivity contribution in [2.45, 2.75) is 32.9 Å². The Morgan fingerprint density at radius 1 is 1.33 bits per heavy atom. The molecule has 1 aromatic carbocycles. The Morgan fingerprint density at radius 2 is 2.10 bits per heavy atom. The highest BCUT2D eigenvalue weighted by molar-refractivity contribution is 5.92. The van der Waals surface area contributed by atoms with Gasteiger partial charge < -0.3 is 9.42 Å². The standard InChI is InChI=1S/C16H15N3O2/c1-10(2)15-6-14(18-21-15)16(20)19-8-12-4-3-11(7-17)5-13(12)9-19/h3-6,10H,8-9H2,1-2H3. The Labute approximate surface area is 122 Å². The van der Waals surface area contributed by atoms with Gasteiger partial charge in [-0.1, -0.05) is 25.1 Å². The zero-order valence-electron chi connectivity index (χ0n) is 12.0. The van der Waals surface area contributed by atoms with Gasteiger partial charge in [-0.05, 0) is 23.3 Å². The van der Waals surface area contributed by atoms with E-state index in [1.807, 2.05) is 26.0 Å². The van der Waals surface area contributed by atoms with Gasteiger partial charge >= 0.3 is 0 Å². The number of nitrogens with zero attached hydrogens (tertiary/aromatic N) is 3.